The Morgan fingerprint density at radius 3 is 0.976 bits per heavy atom. The highest BCUT2D eigenvalue weighted by Gasteiger charge is 2.18. The number of ether oxygens (including phenoxy) is 1. The molecule has 0 aromatic rings. The Bertz CT molecular complexity index is 1370. The minimum absolute atomic E-state index is 0.00747. The van der Waals surface area contributed by atoms with Crippen molar-refractivity contribution in [2.75, 3.05) is 13.2 Å². The highest BCUT2D eigenvalue weighted by molar-refractivity contribution is 5.76. The maximum Gasteiger partial charge on any atom is 0.305 e. The van der Waals surface area contributed by atoms with Crippen LogP contribution in [0, 0.1) is 0 Å². The first-order valence-corrected chi connectivity index (χ1v) is 36.9. The lowest BCUT2D eigenvalue weighted by Gasteiger charge is -2.20. The second-order valence-electron chi connectivity index (χ2n) is 25.3. The topological polar surface area (TPSA) is 95.9 Å². The highest BCUT2D eigenvalue weighted by atomic mass is 16.5. The molecule has 0 spiro atoms. The summed E-state index contributed by atoms with van der Waals surface area (Å²) >= 11 is 0. The van der Waals surface area contributed by atoms with Gasteiger partial charge in [0.25, 0.3) is 0 Å². The Morgan fingerprint density at radius 2 is 0.622 bits per heavy atom. The van der Waals surface area contributed by atoms with Crippen LogP contribution in [0.2, 0.25) is 0 Å². The first-order chi connectivity index (χ1) is 40.5. The van der Waals surface area contributed by atoms with Crippen molar-refractivity contribution in [3.63, 3.8) is 0 Å². The van der Waals surface area contributed by atoms with Gasteiger partial charge in [0, 0.05) is 12.8 Å². The van der Waals surface area contributed by atoms with Gasteiger partial charge >= 0.3 is 5.97 Å². The molecule has 0 aliphatic carbocycles. The number of allylic oxidation sites excluding steroid dienone is 7. The number of hydrogen-bond donors (Lipinski definition) is 3. The molecule has 0 saturated heterocycles. The van der Waals surface area contributed by atoms with E-state index < -0.39 is 12.1 Å². The zero-order valence-corrected chi connectivity index (χ0v) is 55.2. The first-order valence-electron chi connectivity index (χ1n) is 36.9. The van der Waals surface area contributed by atoms with Crippen molar-refractivity contribution in [3.8, 4) is 0 Å². The van der Waals surface area contributed by atoms with E-state index in [2.05, 4.69) is 55.6 Å². The third-order valence-corrected chi connectivity index (χ3v) is 17.1. The number of aliphatic hydroxyl groups excluding tert-OH is 2. The lowest BCUT2D eigenvalue weighted by molar-refractivity contribution is -0.143. The Labute approximate surface area is 512 Å². The first kappa shape index (κ1) is 79.8. The minimum atomic E-state index is -0.843. The van der Waals surface area contributed by atoms with Crippen LogP contribution >= 0.6 is 0 Å². The molecular weight excluding hydrogens is 1010 g/mol. The summed E-state index contributed by atoms with van der Waals surface area (Å²) in [5.41, 5.74) is 0. The summed E-state index contributed by atoms with van der Waals surface area (Å²) in [6, 6.07) is -0.626. The molecule has 1 amide bonds. The molecule has 0 aromatic carbocycles. The van der Waals surface area contributed by atoms with E-state index in [1.165, 1.54) is 321 Å². The van der Waals surface area contributed by atoms with Gasteiger partial charge in [0.2, 0.25) is 5.91 Å². The standard InChI is InChI=1S/C76H143NO5/c1-3-5-7-9-11-13-15-16-17-39-42-45-49-52-56-60-64-68-74(79)73(72-78)77-75(80)69-65-61-57-53-50-46-43-40-37-35-33-31-29-27-25-23-21-19-18-20-22-24-26-28-30-32-34-36-38-41-44-47-51-55-59-63-67-71-82-76(81)70-66-62-58-54-48-14-12-10-8-6-4-2/h10,12,18,20,24,26,64,68,73-74,78-79H,3-9,11,13-17,19,21-23,25,27-63,65-67,69-72H2,1-2H3,(H,77,80)/b12-10-,20-18-,26-24-,68-64+. The van der Waals surface area contributed by atoms with Gasteiger partial charge in [-0.3, -0.25) is 9.59 Å². The third-order valence-electron chi connectivity index (χ3n) is 17.1. The molecule has 6 nitrogen and oxygen atoms in total. The Hall–Kier alpha value is -2.18. The maximum absolute atomic E-state index is 12.5. The number of carbonyl (C=O) groups is 2. The summed E-state index contributed by atoms with van der Waals surface area (Å²) in [6.45, 7) is 4.89. The van der Waals surface area contributed by atoms with Crippen molar-refractivity contribution in [2.24, 2.45) is 0 Å². The Balaban J connectivity index is 3.38. The Kier molecular flexibility index (Phi) is 69.4. The molecule has 2 unspecified atom stereocenters. The van der Waals surface area contributed by atoms with Gasteiger partial charge in [0.05, 0.1) is 25.4 Å². The van der Waals surface area contributed by atoms with Gasteiger partial charge in [-0.15, -0.1) is 0 Å². The van der Waals surface area contributed by atoms with E-state index in [-0.39, 0.29) is 18.5 Å². The van der Waals surface area contributed by atoms with E-state index in [1.54, 1.807) is 6.08 Å². The molecule has 0 bridgehead atoms. The summed E-state index contributed by atoms with van der Waals surface area (Å²) < 4.78 is 5.47. The summed E-state index contributed by atoms with van der Waals surface area (Å²) in [5, 5.41) is 23.2. The molecular formula is C76H143NO5. The van der Waals surface area contributed by atoms with Crippen molar-refractivity contribution in [1.29, 1.82) is 0 Å². The van der Waals surface area contributed by atoms with Gasteiger partial charge in [-0.25, -0.2) is 0 Å². The third kappa shape index (κ3) is 67.0. The van der Waals surface area contributed by atoms with Crippen LogP contribution < -0.4 is 5.32 Å². The molecule has 0 aliphatic heterocycles. The average molecular weight is 1150 g/mol. The monoisotopic (exact) mass is 1150 g/mol. The van der Waals surface area contributed by atoms with E-state index in [0.717, 1.165) is 51.4 Å². The molecule has 0 rings (SSSR count). The number of aliphatic hydroxyl groups is 2. The minimum Gasteiger partial charge on any atom is -0.466 e. The fraction of sp³-hybridized carbons (Fsp3) is 0.868. The molecule has 2 atom stereocenters. The predicted octanol–water partition coefficient (Wildman–Crippen LogP) is 24.0. The zero-order chi connectivity index (χ0) is 59.2. The highest BCUT2D eigenvalue weighted by Crippen LogP contribution is 2.18. The lowest BCUT2D eigenvalue weighted by atomic mass is 10.0. The predicted molar refractivity (Wildman–Crippen MR) is 361 cm³/mol. The number of esters is 1. The molecule has 0 heterocycles. The van der Waals surface area contributed by atoms with Crippen LogP contribution in [0.4, 0.5) is 0 Å². The largest absolute Gasteiger partial charge is 0.466 e. The molecule has 82 heavy (non-hydrogen) atoms. The summed E-state index contributed by atoms with van der Waals surface area (Å²) in [4.78, 5) is 24.5. The second-order valence-corrected chi connectivity index (χ2v) is 25.3. The van der Waals surface area contributed by atoms with Crippen LogP contribution in [0.3, 0.4) is 0 Å². The number of carbonyl (C=O) groups excluding carboxylic acids is 2. The van der Waals surface area contributed by atoms with Crippen LogP contribution in [0.5, 0.6) is 0 Å². The molecule has 6 heteroatoms. The van der Waals surface area contributed by atoms with E-state index in [0.29, 0.717) is 19.4 Å². The van der Waals surface area contributed by atoms with Crippen molar-refractivity contribution in [1.82, 2.24) is 5.32 Å². The lowest BCUT2D eigenvalue weighted by Crippen LogP contribution is -2.45. The van der Waals surface area contributed by atoms with Gasteiger partial charge in [0.1, 0.15) is 0 Å². The van der Waals surface area contributed by atoms with E-state index >= 15 is 0 Å². The van der Waals surface area contributed by atoms with E-state index in [9.17, 15) is 19.8 Å². The van der Waals surface area contributed by atoms with Gasteiger partial charge < -0.3 is 20.3 Å². The van der Waals surface area contributed by atoms with Crippen molar-refractivity contribution < 1.29 is 24.5 Å². The van der Waals surface area contributed by atoms with E-state index in [4.69, 9.17) is 4.74 Å². The molecule has 482 valence electrons. The second kappa shape index (κ2) is 71.3. The molecule has 0 aliphatic rings. The molecule has 0 fully saturated rings. The van der Waals surface area contributed by atoms with Crippen LogP contribution in [0.1, 0.15) is 399 Å². The molecule has 0 saturated carbocycles. The Morgan fingerprint density at radius 1 is 0.341 bits per heavy atom. The number of nitrogens with one attached hydrogen (secondary N) is 1. The van der Waals surface area contributed by atoms with Crippen molar-refractivity contribution in [2.45, 2.75) is 411 Å². The normalized spacial score (nSPS) is 12.8. The molecule has 3 N–H and O–H groups in total. The van der Waals surface area contributed by atoms with Gasteiger partial charge in [-0.05, 0) is 83.5 Å². The van der Waals surface area contributed by atoms with Crippen LogP contribution in [0.25, 0.3) is 0 Å². The molecule has 0 aromatic heterocycles. The summed E-state index contributed by atoms with van der Waals surface area (Å²) in [5.74, 6) is -0.0550. The fourth-order valence-electron chi connectivity index (χ4n) is 11.4. The van der Waals surface area contributed by atoms with Gasteiger partial charge in [-0.1, -0.05) is 351 Å². The SMILES string of the molecule is CCCC/C=C\CCCCCCCC(=O)OCCCCCCCCCCCCCCC/C=C\C/C=C\CCCCCCCCCCCCCCCCCCCC(=O)NC(CO)C(O)/C=C/CCCCCCCCCCCCCCCCC. The van der Waals surface area contributed by atoms with Gasteiger partial charge in [-0.2, -0.15) is 0 Å². The summed E-state index contributed by atoms with van der Waals surface area (Å²) in [6.07, 6.45) is 93.6. The fourth-order valence-corrected chi connectivity index (χ4v) is 11.4. The van der Waals surface area contributed by atoms with Gasteiger partial charge in [0.15, 0.2) is 0 Å². The average Bonchev–Trinajstić information content (AvgIpc) is 3.48. The van der Waals surface area contributed by atoms with Crippen molar-refractivity contribution in [3.05, 3.63) is 48.6 Å². The van der Waals surface area contributed by atoms with Crippen LogP contribution in [-0.4, -0.2) is 47.4 Å². The molecule has 0 radical (unpaired) electrons. The zero-order valence-electron chi connectivity index (χ0n) is 55.2. The van der Waals surface area contributed by atoms with Crippen LogP contribution in [-0.2, 0) is 14.3 Å². The van der Waals surface area contributed by atoms with Crippen LogP contribution in [0.15, 0.2) is 48.6 Å². The number of amides is 1. The van der Waals surface area contributed by atoms with E-state index in [1.807, 2.05) is 6.08 Å². The number of unbranched alkanes of at least 4 members (excludes halogenated alkanes) is 52. The summed E-state index contributed by atoms with van der Waals surface area (Å²) in [7, 11) is 0. The van der Waals surface area contributed by atoms with Crippen molar-refractivity contribution >= 4 is 11.9 Å². The maximum atomic E-state index is 12.5. The quantitative estimate of drug-likeness (QED) is 0.0320. The smallest absolute Gasteiger partial charge is 0.305 e. The number of rotatable bonds is 69. The number of hydrogen-bond acceptors (Lipinski definition) is 5.